The fraction of sp³-hybridized carbons (Fsp3) is 0.0571. The van der Waals surface area contributed by atoms with Gasteiger partial charge in [-0.15, -0.1) is 0 Å². The monoisotopic (exact) mass is 515 g/mol. The Morgan fingerprint density at radius 2 is 0.872 bits per heavy atom. The quantitative estimate of drug-likeness (QED) is 0.228. The first-order chi connectivity index (χ1) is 18.8. The summed E-state index contributed by atoms with van der Waals surface area (Å²) >= 11 is 0. The number of alkyl halides is 3. The molecule has 0 N–H and O–H groups in total. The number of aryl methyl sites for hydroxylation is 1. The Labute approximate surface area is 225 Å². The second kappa shape index (κ2) is 9.88. The van der Waals surface area contributed by atoms with Gasteiger partial charge in [-0.25, -0.2) is 0 Å². The zero-order chi connectivity index (χ0) is 27.0. The lowest BCUT2D eigenvalue weighted by Crippen LogP contribution is -2.03. The fourth-order valence-corrected chi connectivity index (χ4v) is 4.77. The number of nitrogens with zero attached hydrogens (tertiary/aromatic N) is 1. The highest BCUT2D eigenvalue weighted by Crippen LogP contribution is 2.33. The zero-order valence-electron chi connectivity index (χ0n) is 21.2. The topological polar surface area (TPSA) is 12.9 Å². The summed E-state index contributed by atoms with van der Waals surface area (Å²) in [5, 5.41) is 1.06. The first-order valence-electron chi connectivity index (χ1n) is 12.7. The van der Waals surface area contributed by atoms with E-state index < -0.39 is 11.7 Å². The van der Waals surface area contributed by atoms with Gasteiger partial charge in [0.05, 0.1) is 11.1 Å². The summed E-state index contributed by atoms with van der Waals surface area (Å²) in [6.07, 6.45) is -2.43. The standard InChI is InChI=1S/C35H24F3N/c1-23-2-4-24(5-3-23)25-8-12-29(13-9-25)32-20-31-15-14-30(21-34(31)39-22-32)28-10-6-26(7-11-28)27-16-18-33(19-17-27)35(36,37)38/h2-22H,1H3. The first-order valence-corrected chi connectivity index (χ1v) is 12.7. The van der Waals surface area contributed by atoms with Crippen LogP contribution in [0.4, 0.5) is 13.2 Å². The van der Waals surface area contributed by atoms with E-state index in [0.29, 0.717) is 0 Å². The summed E-state index contributed by atoms with van der Waals surface area (Å²) in [6.45, 7) is 2.09. The van der Waals surface area contributed by atoms with Gasteiger partial charge in [0.15, 0.2) is 0 Å². The third-order valence-electron chi connectivity index (χ3n) is 7.05. The third kappa shape index (κ3) is 5.19. The molecule has 39 heavy (non-hydrogen) atoms. The Hall–Kier alpha value is -4.70. The van der Waals surface area contributed by atoms with E-state index in [2.05, 4.69) is 79.7 Å². The van der Waals surface area contributed by atoms with E-state index in [1.54, 1.807) is 0 Å². The molecule has 1 nitrogen and oxygen atoms in total. The maximum Gasteiger partial charge on any atom is 0.416 e. The van der Waals surface area contributed by atoms with E-state index in [9.17, 15) is 13.2 Å². The number of hydrogen-bond donors (Lipinski definition) is 0. The molecule has 0 aliphatic heterocycles. The second-order valence-corrected chi connectivity index (χ2v) is 9.73. The predicted octanol–water partition coefficient (Wildman–Crippen LogP) is 10.2. The summed E-state index contributed by atoms with van der Waals surface area (Å²) in [6, 6.07) is 38.5. The van der Waals surface area contributed by atoms with Gasteiger partial charge in [0.1, 0.15) is 0 Å². The van der Waals surface area contributed by atoms with Crippen molar-refractivity contribution in [1.82, 2.24) is 4.98 Å². The number of benzene rings is 5. The molecule has 0 atom stereocenters. The maximum absolute atomic E-state index is 12.9. The normalized spacial score (nSPS) is 11.6. The highest BCUT2D eigenvalue weighted by Gasteiger charge is 2.29. The van der Waals surface area contributed by atoms with Crippen LogP contribution < -0.4 is 0 Å². The molecule has 5 aromatic carbocycles. The predicted molar refractivity (Wildman–Crippen MR) is 153 cm³/mol. The van der Waals surface area contributed by atoms with Gasteiger partial charge in [-0.1, -0.05) is 103 Å². The number of pyridine rings is 1. The molecule has 4 heteroatoms. The molecule has 0 spiro atoms. The average Bonchev–Trinajstić information content (AvgIpc) is 2.97. The van der Waals surface area contributed by atoms with Crippen LogP contribution in [-0.2, 0) is 6.18 Å². The molecule has 0 fully saturated rings. The molecule has 1 heterocycles. The zero-order valence-corrected chi connectivity index (χ0v) is 21.2. The van der Waals surface area contributed by atoms with Crippen molar-refractivity contribution in [2.24, 2.45) is 0 Å². The molecular weight excluding hydrogens is 491 g/mol. The first kappa shape index (κ1) is 24.6. The van der Waals surface area contributed by atoms with Gasteiger partial charge in [0, 0.05) is 17.1 Å². The van der Waals surface area contributed by atoms with E-state index in [1.807, 2.05) is 30.5 Å². The second-order valence-electron chi connectivity index (χ2n) is 9.73. The van der Waals surface area contributed by atoms with Crippen molar-refractivity contribution < 1.29 is 13.2 Å². The average molecular weight is 516 g/mol. The van der Waals surface area contributed by atoms with Gasteiger partial charge in [0.25, 0.3) is 0 Å². The molecule has 1 aromatic heterocycles. The van der Waals surface area contributed by atoms with Crippen LogP contribution in [0.3, 0.4) is 0 Å². The van der Waals surface area contributed by atoms with E-state index >= 15 is 0 Å². The van der Waals surface area contributed by atoms with Crippen LogP contribution >= 0.6 is 0 Å². The van der Waals surface area contributed by atoms with Gasteiger partial charge in [0.2, 0.25) is 0 Å². The molecule has 6 rings (SSSR count). The van der Waals surface area contributed by atoms with Gasteiger partial charge in [-0.3, -0.25) is 4.98 Å². The third-order valence-corrected chi connectivity index (χ3v) is 7.05. The molecule has 190 valence electrons. The maximum atomic E-state index is 12.9. The Morgan fingerprint density at radius 1 is 0.462 bits per heavy atom. The largest absolute Gasteiger partial charge is 0.416 e. The van der Waals surface area contributed by atoms with Gasteiger partial charge >= 0.3 is 6.18 Å². The van der Waals surface area contributed by atoms with Crippen molar-refractivity contribution in [3.05, 3.63) is 139 Å². The van der Waals surface area contributed by atoms with Crippen LogP contribution in [0.5, 0.6) is 0 Å². The number of aromatic nitrogens is 1. The number of halogens is 3. The van der Waals surface area contributed by atoms with Gasteiger partial charge in [-0.05, 0) is 70.1 Å². The van der Waals surface area contributed by atoms with Gasteiger partial charge < -0.3 is 0 Å². The van der Waals surface area contributed by atoms with Gasteiger partial charge in [-0.2, -0.15) is 13.2 Å². The molecular formula is C35H24F3N. The summed E-state index contributed by atoms with van der Waals surface area (Å²) in [5.74, 6) is 0. The van der Waals surface area contributed by atoms with Crippen molar-refractivity contribution in [2.75, 3.05) is 0 Å². The number of hydrogen-bond acceptors (Lipinski definition) is 1. The van der Waals surface area contributed by atoms with Crippen LogP contribution in [0.25, 0.3) is 55.4 Å². The molecule has 0 amide bonds. The Bertz CT molecular complexity index is 1750. The Kier molecular flexibility index (Phi) is 6.24. The fourth-order valence-electron chi connectivity index (χ4n) is 4.77. The molecule has 0 aliphatic carbocycles. The minimum atomic E-state index is -4.33. The molecule has 0 radical (unpaired) electrons. The van der Waals surface area contributed by atoms with Crippen LogP contribution in [0.15, 0.2) is 128 Å². The van der Waals surface area contributed by atoms with Crippen molar-refractivity contribution >= 4 is 10.9 Å². The van der Waals surface area contributed by atoms with Crippen LogP contribution in [0.2, 0.25) is 0 Å². The smallest absolute Gasteiger partial charge is 0.256 e. The van der Waals surface area contributed by atoms with E-state index in [-0.39, 0.29) is 0 Å². The Balaban J connectivity index is 1.22. The lowest BCUT2D eigenvalue weighted by atomic mass is 9.97. The van der Waals surface area contributed by atoms with Crippen molar-refractivity contribution in [3.63, 3.8) is 0 Å². The molecule has 6 aromatic rings. The number of rotatable bonds is 4. The van der Waals surface area contributed by atoms with Crippen LogP contribution in [0, 0.1) is 6.92 Å². The summed E-state index contributed by atoms with van der Waals surface area (Å²) in [5.41, 5.74) is 9.72. The summed E-state index contributed by atoms with van der Waals surface area (Å²) < 4.78 is 38.6. The van der Waals surface area contributed by atoms with E-state index in [4.69, 9.17) is 4.98 Å². The lowest BCUT2D eigenvalue weighted by molar-refractivity contribution is -0.137. The lowest BCUT2D eigenvalue weighted by Gasteiger charge is -2.09. The molecule has 0 saturated carbocycles. The van der Waals surface area contributed by atoms with Crippen molar-refractivity contribution in [2.45, 2.75) is 13.1 Å². The molecule has 0 aliphatic rings. The summed E-state index contributed by atoms with van der Waals surface area (Å²) in [4.78, 5) is 4.74. The summed E-state index contributed by atoms with van der Waals surface area (Å²) in [7, 11) is 0. The number of fused-ring (bicyclic) bond motifs is 1. The van der Waals surface area contributed by atoms with Crippen molar-refractivity contribution in [1.29, 1.82) is 0 Å². The van der Waals surface area contributed by atoms with E-state index in [0.717, 1.165) is 56.4 Å². The van der Waals surface area contributed by atoms with E-state index in [1.165, 1.54) is 28.8 Å². The molecule has 0 saturated heterocycles. The van der Waals surface area contributed by atoms with Crippen LogP contribution in [-0.4, -0.2) is 4.98 Å². The van der Waals surface area contributed by atoms with Crippen LogP contribution in [0.1, 0.15) is 11.1 Å². The minimum absolute atomic E-state index is 0.644. The highest BCUT2D eigenvalue weighted by atomic mass is 19.4. The van der Waals surface area contributed by atoms with Crippen molar-refractivity contribution in [3.8, 4) is 44.5 Å². The Morgan fingerprint density at radius 3 is 1.38 bits per heavy atom. The highest BCUT2D eigenvalue weighted by molar-refractivity contribution is 5.88. The minimum Gasteiger partial charge on any atom is -0.256 e. The molecule has 0 unspecified atom stereocenters. The molecule has 0 bridgehead atoms. The SMILES string of the molecule is Cc1ccc(-c2ccc(-c3cnc4cc(-c5ccc(-c6ccc(C(F)(F)F)cc6)cc5)ccc4c3)cc2)cc1.